The molecule has 0 atom stereocenters. The minimum absolute atomic E-state index is 0.0661. The van der Waals surface area contributed by atoms with Crippen LogP contribution in [-0.4, -0.2) is 42.0 Å². The van der Waals surface area contributed by atoms with Gasteiger partial charge in [0.15, 0.2) is 0 Å². The number of nitro groups is 1. The van der Waals surface area contributed by atoms with E-state index in [9.17, 15) is 28.1 Å². The second kappa shape index (κ2) is 10.00. The summed E-state index contributed by atoms with van der Waals surface area (Å²) in [6, 6.07) is 15.2. The van der Waals surface area contributed by atoms with Crippen LogP contribution in [0.1, 0.15) is 21.5 Å². The number of piperazine rings is 1. The van der Waals surface area contributed by atoms with E-state index in [4.69, 9.17) is 0 Å². The van der Waals surface area contributed by atoms with Gasteiger partial charge < -0.3 is 15.1 Å². The molecule has 1 N–H and O–H groups in total. The lowest BCUT2D eigenvalue weighted by Crippen LogP contribution is -2.46. The van der Waals surface area contributed by atoms with Gasteiger partial charge in [-0.1, -0.05) is 18.2 Å². The number of amides is 1. The molecule has 0 bridgehead atoms. The Kier molecular flexibility index (Phi) is 6.85. The SMILES string of the molecule is O=C(NCc1ccc(N2CCN(c3ccccn3)CC2)cc1)c1cc([N+](=O)[O-])cc(C(F)(F)F)c1. The highest BCUT2D eigenvalue weighted by atomic mass is 19.4. The number of rotatable bonds is 6. The van der Waals surface area contributed by atoms with E-state index in [1.165, 1.54) is 0 Å². The third-order valence-electron chi connectivity index (χ3n) is 5.73. The fourth-order valence-electron chi connectivity index (χ4n) is 3.85. The highest BCUT2D eigenvalue weighted by Crippen LogP contribution is 2.32. The lowest BCUT2D eigenvalue weighted by atomic mass is 10.1. The highest BCUT2D eigenvalue weighted by Gasteiger charge is 2.33. The van der Waals surface area contributed by atoms with Crippen molar-refractivity contribution in [1.82, 2.24) is 10.3 Å². The van der Waals surface area contributed by atoms with E-state index in [0.717, 1.165) is 49.3 Å². The maximum atomic E-state index is 13.1. The van der Waals surface area contributed by atoms with Crippen molar-refractivity contribution in [2.45, 2.75) is 12.7 Å². The first-order valence-electron chi connectivity index (χ1n) is 10.9. The van der Waals surface area contributed by atoms with Gasteiger partial charge in [0, 0.05) is 62.3 Å². The third-order valence-corrected chi connectivity index (χ3v) is 5.73. The Labute approximate surface area is 199 Å². The van der Waals surface area contributed by atoms with E-state index in [1.54, 1.807) is 6.20 Å². The molecule has 1 saturated heterocycles. The minimum atomic E-state index is -4.81. The zero-order valence-corrected chi connectivity index (χ0v) is 18.5. The fourth-order valence-corrected chi connectivity index (χ4v) is 3.85. The van der Waals surface area contributed by atoms with Crippen molar-refractivity contribution in [2.24, 2.45) is 0 Å². The van der Waals surface area contributed by atoms with Crippen molar-refractivity contribution in [3.8, 4) is 0 Å². The molecule has 0 radical (unpaired) electrons. The number of carbonyl (C=O) groups excluding carboxylic acids is 1. The number of hydrogen-bond acceptors (Lipinski definition) is 6. The van der Waals surface area contributed by atoms with Gasteiger partial charge in [-0.2, -0.15) is 13.2 Å². The minimum Gasteiger partial charge on any atom is -0.368 e. The number of alkyl halides is 3. The van der Waals surface area contributed by atoms with E-state index >= 15 is 0 Å². The molecule has 8 nitrogen and oxygen atoms in total. The van der Waals surface area contributed by atoms with Gasteiger partial charge in [-0.25, -0.2) is 4.98 Å². The molecule has 1 aromatic heterocycles. The molecule has 0 spiro atoms. The number of halogens is 3. The maximum absolute atomic E-state index is 13.1. The third kappa shape index (κ3) is 5.86. The van der Waals surface area contributed by atoms with Gasteiger partial charge in [-0.3, -0.25) is 14.9 Å². The van der Waals surface area contributed by atoms with Crippen LogP contribution in [0, 0.1) is 10.1 Å². The topological polar surface area (TPSA) is 91.6 Å². The van der Waals surface area contributed by atoms with Gasteiger partial charge >= 0.3 is 6.18 Å². The number of anilines is 2. The quantitative estimate of drug-likeness (QED) is 0.414. The van der Waals surface area contributed by atoms with Crippen LogP contribution in [-0.2, 0) is 12.7 Å². The summed E-state index contributed by atoms with van der Waals surface area (Å²) in [7, 11) is 0. The number of hydrogen-bond donors (Lipinski definition) is 1. The lowest BCUT2D eigenvalue weighted by Gasteiger charge is -2.36. The van der Waals surface area contributed by atoms with Crippen molar-refractivity contribution in [1.29, 1.82) is 0 Å². The van der Waals surface area contributed by atoms with Crippen LogP contribution in [0.25, 0.3) is 0 Å². The van der Waals surface area contributed by atoms with Gasteiger partial charge in [0.2, 0.25) is 0 Å². The molecule has 4 rings (SSSR count). The molecule has 1 aliphatic rings. The molecule has 0 saturated carbocycles. The summed E-state index contributed by atoms with van der Waals surface area (Å²) in [5.41, 5.74) is -0.694. The molecule has 0 unspecified atom stereocenters. The summed E-state index contributed by atoms with van der Waals surface area (Å²) >= 11 is 0. The monoisotopic (exact) mass is 485 g/mol. The van der Waals surface area contributed by atoms with Crippen LogP contribution in [0.15, 0.2) is 66.9 Å². The Morgan fingerprint density at radius 1 is 1.00 bits per heavy atom. The Bertz CT molecular complexity index is 1200. The summed E-state index contributed by atoms with van der Waals surface area (Å²) in [5.74, 6) is 0.123. The lowest BCUT2D eigenvalue weighted by molar-refractivity contribution is -0.385. The number of nitro benzene ring substituents is 1. The molecule has 0 aliphatic carbocycles. The predicted octanol–water partition coefficient (Wildman–Crippen LogP) is 4.27. The molecule has 35 heavy (non-hydrogen) atoms. The summed E-state index contributed by atoms with van der Waals surface area (Å²) < 4.78 is 39.2. The number of pyridine rings is 1. The summed E-state index contributed by atoms with van der Waals surface area (Å²) in [4.78, 5) is 31.3. The Morgan fingerprint density at radius 3 is 2.29 bits per heavy atom. The molecule has 2 aromatic carbocycles. The Balaban J connectivity index is 1.35. The number of aromatic nitrogens is 1. The Hall–Kier alpha value is -4.15. The zero-order chi connectivity index (χ0) is 25.0. The van der Waals surface area contributed by atoms with Gasteiger partial charge in [0.1, 0.15) is 5.82 Å². The smallest absolute Gasteiger partial charge is 0.368 e. The summed E-state index contributed by atoms with van der Waals surface area (Å²) in [6.07, 6.45) is -3.03. The molecule has 11 heteroatoms. The highest BCUT2D eigenvalue weighted by molar-refractivity contribution is 5.95. The standard InChI is InChI=1S/C24H22F3N5O3/c25-24(26,27)19-13-18(14-21(15-19)32(34)35)23(33)29-16-17-4-6-20(7-5-17)30-9-11-31(12-10-30)22-3-1-2-8-28-22/h1-8,13-15H,9-12,16H2,(H,29,33). The van der Waals surface area contributed by atoms with Gasteiger partial charge in [0.25, 0.3) is 11.6 Å². The molecule has 182 valence electrons. The fraction of sp³-hybridized carbons (Fsp3) is 0.250. The molecule has 1 aliphatic heterocycles. The second-order valence-electron chi connectivity index (χ2n) is 8.03. The first kappa shape index (κ1) is 24.0. The van der Waals surface area contributed by atoms with Crippen LogP contribution in [0.2, 0.25) is 0 Å². The van der Waals surface area contributed by atoms with Crippen LogP contribution in [0.3, 0.4) is 0 Å². The van der Waals surface area contributed by atoms with Gasteiger partial charge in [-0.15, -0.1) is 0 Å². The Morgan fingerprint density at radius 2 is 1.69 bits per heavy atom. The second-order valence-corrected chi connectivity index (χ2v) is 8.03. The van der Waals surface area contributed by atoms with E-state index in [-0.39, 0.29) is 6.54 Å². The number of non-ortho nitro benzene ring substituents is 1. The first-order chi connectivity index (χ1) is 16.7. The molecule has 3 aromatic rings. The average Bonchev–Trinajstić information content (AvgIpc) is 2.87. The summed E-state index contributed by atoms with van der Waals surface area (Å²) in [6.45, 7) is 3.37. The van der Waals surface area contributed by atoms with Gasteiger partial charge in [-0.05, 0) is 35.9 Å². The average molecular weight is 485 g/mol. The molecule has 1 amide bonds. The van der Waals surface area contributed by atoms with Crippen molar-refractivity contribution in [3.63, 3.8) is 0 Å². The zero-order valence-electron chi connectivity index (χ0n) is 18.5. The maximum Gasteiger partial charge on any atom is 0.416 e. The molecular formula is C24H22F3N5O3. The molecular weight excluding hydrogens is 463 g/mol. The number of benzene rings is 2. The first-order valence-corrected chi connectivity index (χ1v) is 10.9. The van der Waals surface area contributed by atoms with E-state index in [0.29, 0.717) is 12.1 Å². The van der Waals surface area contributed by atoms with E-state index in [1.807, 2.05) is 42.5 Å². The van der Waals surface area contributed by atoms with Crippen molar-refractivity contribution < 1.29 is 22.9 Å². The van der Waals surface area contributed by atoms with Crippen LogP contribution in [0.5, 0.6) is 0 Å². The molecule has 1 fully saturated rings. The largest absolute Gasteiger partial charge is 0.416 e. The number of carbonyl (C=O) groups is 1. The van der Waals surface area contributed by atoms with Crippen molar-refractivity contribution >= 4 is 23.1 Å². The molecule has 2 heterocycles. The summed E-state index contributed by atoms with van der Waals surface area (Å²) in [5, 5.41) is 13.5. The van der Waals surface area contributed by atoms with E-state index in [2.05, 4.69) is 20.1 Å². The predicted molar refractivity (Wildman–Crippen MR) is 124 cm³/mol. The number of nitrogens with zero attached hydrogens (tertiary/aromatic N) is 4. The van der Waals surface area contributed by atoms with Gasteiger partial charge in [0.05, 0.1) is 10.5 Å². The number of nitrogens with one attached hydrogen (secondary N) is 1. The van der Waals surface area contributed by atoms with Crippen LogP contribution in [0.4, 0.5) is 30.4 Å². The van der Waals surface area contributed by atoms with Crippen LogP contribution < -0.4 is 15.1 Å². The normalized spacial score (nSPS) is 14.0. The van der Waals surface area contributed by atoms with E-state index < -0.39 is 33.8 Å². The van der Waals surface area contributed by atoms with Crippen molar-refractivity contribution in [2.75, 3.05) is 36.0 Å². The van der Waals surface area contributed by atoms with Crippen LogP contribution >= 0.6 is 0 Å². The van der Waals surface area contributed by atoms with Crippen molar-refractivity contribution in [3.05, 3.63) is 93.7 Å².